The fourth-order valence-corrected chi connectivity index (χ4v) is 2.97. The van der Waals surface area contributed by atoms with Crippen molar-refractivity contribution in [1.82, 2.24) is 9.80 Å². The molecule has 1 aliphatic rings. The van der Waals surface area contributed by atoms with Gasteiger partial charge < -0.3 is 9.80 Å². The molecule has 0 spiro atoms. The van der Waals surface area contributed by atoms with Crippen LogP contribution in [0, 0.1) is 11.6 Å². The normalized spacial score (nSPS) is 20.9. The van der Waals surface area contributed by atoms with Crippen LogP contribution < -0.4 is 0 Å². The van der Waals surface area contributed by atoms with Crippen LogP contribution in [0.5, 0.6) is 0 Å². The van der Waals surface area contributed by atoms with Crippen LogP contribution in [-0.2, 0) is 0 Å². The average molecular weight is 347 g/mol. The van der Waals surface area contributed by atoms with Gasteiger partial charge in [0.05, 0.1) is 0 Å². The van der Waals surface area contributed by atoms with Crippen molar-refractivity contribution in [3.8, 4) is 0 Å². The Bertz CT molecular complexity index is 501. The highest BCUT2D eigenvalue weighted by Crippen LogP contribution is 2.22. The molecule has 1 atom stereocenters. The molecule has 20 heavy (non-hydrogen) atoms. The summed E-state index contributed by atoms with van der Waals surface area (Å²) in [6.07, 6.45) is 0.798. The van der Waals surface area contributed by atoms with Gasteiger partial charge in [0.2, 0.25) is 0 Å². The van der Waals surface area contributed by atoms with E-state index in [0.29, 0.717) is 13.1 Å². The molecule has 0 aliphatic carbocycles. The second-order valence-corrected chi connectivity index (χ2v) is 6.12. The quantitative estimate of drug-likeness (QED) is 0.780. The van der Waals surface area contributed by atoms with Gasteiger partial charge in [-0.25, -0.2) is 8.78 Å². The summed E-state index contributed by atoms with van der Waals surface area (Å²) >= 11 is 3.01. The number of amides is 1. The summed E-state index contributed by atoms with van der Waals surface area (Å²) in [5.41, 5.74) is -0.468. The van der Waals surface area contributed by atoms with Crippen LogP contribution in [0.1, 0.15) is 23.7 Å². The van der Waals surface area contributed by atoms with Gasteiger partial charge in [-0.05, 0) is 39.1 Å². The van der Waals surface area contributed by atoms with Gasteiger partial charge in [0.15, 0.2) is 0 Å². The number of benzene rings is 1. The van der Waals surface area contributed by atoms with Crippen molar-refractivity contribution in [2.75, 3.05) is 26.7 Å². The smallest absolute Gasteiger partial charge is 0.260 e. The summed E-state index contributed by atoms with van der Waals surface area (Å²) in [5.74, 6) is -2.23. The summed E-state index contributed by atoms with van der Waals surface area (Å²) in [7, 11) is 1.98. The predicted molar refractivity (Wildman–Crippen MR) is 76.7 cm³/mol. The molecule has 1 unspecified atom stereocenters. The van der Waals surface area contributed by atoms with Crippen LogP contribution in [-0.4, -0.2) is 48.4 Å². The lowest BCUT2D eigenvalue weighted by atomic mass is 10.1. The molecule has 0 N–H and O–H groups in total. The number of halogens is 3. The van der Waals surface area contributed by atoms with E-state index in [4.69, 9.17) is 0 Å². The van der Waals surface area contributed by atoms with Crippen LogP contribution in [0.3, 0.4) is 0 Å². The molecule has 2 rings (SSSR count). The molecule has 110 valence electrons. The highest BCUT2D eigenvalue weighted by atomic mass is 79.9. The lowest BCUT2D eigenvalue weighted by Gasteiger charge is -2.28. The minimum atomic E-state index is -0.827. The van der Waals surface area contributed by atoms with Gasteiger partial charge in [-0.15, -0.1) is 0 Å². The predicted octanol–water partition coefficient (Wildman–Crippen LogP) is 2.89. The van der Waals surface area contributed by atoms with Gasteiger partial charge in [0.1, 0.15) is 17.2 Å². The number of hydrogen-bond acceptors (Lipinski definition) is 2. The maximum absolute atomic E-state index is 13.9. The minimum absolute atomic E-state index is 0.0718. The Morgan fingerprint density at radius 1 is 1.30 bits per heavy atom. The van der Waals surface area contributed by atoms with E-state index in [1.807, 2.05) is 14.0 Å². The Balaban J connectivity index is 2.31. The first-order valence-corrected chi connectivity index (χ1v) is 7.33. The van der Waals surface area contributed by atoms with Crippen molar-refractivity contribution < 1.29 is 13.6 Å². The largest absolute Gasteiger partial charge is 0.334 e. The molecule has 6 heteroatoms. The number of nitrogens with zero attached hydrogens (tertiary/aromatic N) is 2. The third kappa shape index (κ3) is 3.17. The summed E-state index contributed by atoms with van der Waals surface area (Å²) < 4.78 is 28.1. The van der Waals surface area contributed by atoms with E-state index < -0.39 is 23.1 Å². The number of hydrogen-bond donors (Lipinski definition) is 0. The third-order valence-electron chi connectivity index (χ3n) is 3.53. The molecule has 1 aliphatic heterocycles. The summed E-state index contributed by atoms with van der Waals surface area (Å²) in [6.45, 7) is 3.98. The van der Waals surface area contributed by atoms with Gasteiger partial charge in [-0.2, -0.15) is 0 Å². The molecule has 3 nitrogen and oxygen atoms in total. The van der Waals surface area contributed by atoms with Crippen LogP contribution in [0.15, 0.2) is 16.6 Å². The first-order chi connectivity index (χ1) is 9.40. The molecule has 1 heterocycles. The number of likely N-dealkylation sites (N-methyl/N-ethyl adjacent to an activating group) is 1. The van der Waals surface area contributed by atoms with E-state index in [1.54, 1.807) is 4.90 Å². The summed E-state index contributed by atoms with van der Waals surface area (Å²) in [4.78, 5) is 16.1. The Morgan fingerprint density at radius 3 is 2.50 bits per heavy atom. The van der Waals surface area contributed by atoms with E-state index >= 15 is 0 Å². The molecular formula is C14H17BrF2N2O. The second kappa shape index (κ2) is 6.18. The standard InChI is InChI=1S/C14H17BrF2N2O/c1-9-8-18(2)4-3-5-19(9)14(20)13-11(16)6-10(15)7-12(13)17/h6-7,9H,3-5,8H2,1-2H3. The fourth-order valence-electron chi connectivity index (χ4n) is 2.56. The van der Waals surface area contributed by atoms with Crippen LogP contribution >= 0.6 is 15.9 Å². The molecule has 1 aromatic carbocycles. The topological polar surface area (TPSA) is 23.6 Å². The maximum atomic E-state index is 13.9. The van der Waals surface area contributed by atoms with Crippen LogP contribution in [0.25, 0.3) is 0 Å². The molecule has 1 fully saturated rings. The third-order valence-corrected chi connectivity index (χ3v) is 3.99. The Morgan fingerprint density at radius 2 is 1.90 bits per heavy atom. The van der Waals surface area contributed by atoms with Crippen molar-refractivity contribution >= 4 is 21.8 Å². The first kappa shape index (κ1) is 15.4. The Hall–Kier alpha value is -1.01. The van der Waals surface area contributed by atoms with Crippen LogP contribution in [0.4, 0.5) is 8.78 Å². The lowest BCUT2D eigenvalue weighted by molar-refractivity contribution is 0.0686. The number of carbonyl (C=O) groups is 1. The fraction of sp³-hybridized carbons (Fsp3) is 0.500. The Kier molecular flexibility index (Phi) is 4.75. The van der Waals surface area contributed by atoms with Crippen molar-refractivity contribution in [3.05, 3.63) is 33.8 Å². The maximum Gasteiger partial charge on any atom is 0.260 e. The second-order valence-electron chi connectivity index (χ2n) is 5.21. The molecule has 0 bridgehead atoms. The van der Waals surface area contributed by atoms with Gasteiger partial charge in [0, 0.05) is 23.6 Å². The van der Waals surface area contributed by atoms with E-state index in [9.17, 15) is 13.6 Å². The van der Waals surface area contributed by atoms with Gasteiger partial charge in [0.25, 0.3) is 5.91 Å². The summed E-state index contributed by atoms with van der Waals surface area (Å²) in [6, 6.07) is 2.16. The van der Waals surface area contributed by atoms with E-state index in [2.05, 4.69) is 20.8 Å². The van der Waals surface area contributed by atoms with Gasteiger partial charge in [-0.3, -0.25) is 4.79 Å². The molecule has 0 aromatic heterocycles. The van der Waals surface area contributed by atoms with Gasteiger partial charge in [-0.1, -0.05) is 15.9 Å². The highest BCUT2D eigenvalue weighted by Gasteiger charge is 2.29. The van der Waals surface area contributed by atoms with Crippen molar-refractivity contribution in [2.45, 2.75) is 19.4 Å². The zero-order valence-corrected chi connectivity index (χ0v) is 13.1. The van der Waals surface area contributed by atoms with Gasteiger partial charge >= 0.3 is 0 Å². The highest BCUT2D eigenvalue weighted by molar-refractivity contribution is 9.10. The number of rotatable bonds is 1. The summed E-state index contributed by atoms with van der Waals surface area (Å²) in [5, 5.41) is 0. The minimum Gasteiger partial charge on any atom is -0.334 e. The van der Waals surface area contributed by atoms with Crippen molar-refractivity contribution in [1.29, 1.82) is 0 Å². The molecule has 0 saturated carbocycles. The SMILES string of the molecule is CC1CN(C)CCCN1C(=O)c1c(F)cc(Br)cc1F. The first-order valence-electron chi connectivity index (χ1n) is 6.54. The van der Waals surface area contributed by atoms with Crippen molar-refractivity contribution in [3.63, 3.8) is 0 Å². The molecule has 0 radical (unpaired) electrons. The molecule has 1 amide bonds. The number of carbonyl (C=O) groups excluding carboxylic acids is 1. The van der Waals surface area contributed by atoms with Crippen LogP contribution in [0.2, 0.25) is 0 Å². The zero-order chi connectivity index (χ0) is 14.9. The van der Waals surface area contributed by atoms with E-state index in [1.165, 1.54) is 0 Å². The van der Waals surface area contributed by atoms with Crippen molar-refractivity contribution in [2.24, 2.45) is 0 Å². The zero-order valence-electron chi connectivity index (χ0n) is 11.5. The van der Waals surface area contributed by atoms with E-state index in [0.717, 1.165) is 25.1 Å². The average Bonchev–Trinajstić information content (AvgIpc) is 2.48. The Labute approximate surface area is 125 Å². The lowest BCUT2D eigenvalue weighted by Crippen LogP contribution is -2.42. The monoisotopic (exact) mass is 346 g/mol. The van der Waals surface area contributed by atoms with E-state index in [-0.39, 0.29) is 10.5 Å². The molecule has 1 saturated heterocycles. The molecular weight excluding hydrogens is 330 g/mol. The molecule has 1 aromatic rings.